The van der Waals surface area contributed by atoms with Crippen LogP contribution in [0.5, 0.6) is 0 Å². The number of hydrogen-bond donors (Lipinski definition) is 0. The minimum absolute atomic E-state index is 0.350. The van der Waals surface area contributed by atoms with E-state index in [2.05, 4.69) is 28.6 Å². The highest BCUT2D eigenvalue weighted by molar-refractivity contribution is 6.16. The van der Waals surface area contributed by atoms with Crippen LogP contribution in [0.2, 0.25) is 0 Å². The van der Waals surface area contributed by atoms with Gasteiger partial charge in [0.2, 0.25) is 0 Å². The van der Waals surface area contributed by atoms with E-state index in [0.29, 0.717) is 17.3 Å². The van der Waals surface area contributed by atoms with Crippen molar-refractivity contribution in [1.29, 1.82) is 0 Å². The maximum atomic E-state index is 5.82. The van der Waals surface area contributed by atoms with Crippen LogP contribution in [0.3, 0.4) is 0 Å². The summed E-state index contributed by atoms with van der Waals surface area (Å²) in [6, 6.07) is 0.520. The predicted molar refractivity (Wildman–Crippen MR) is 56.2 cm³/mol. The van der Waals surface area contributed by atoms with Gasteiger partial charge in [-0.15, -0.1) is 21.8 Å². The summed E-state index contributed by atoms with van der Waals surface area (Å²) in [5, 5.41) is 7.96. The SMILES string of the molecule is CC1(C)CCCC1n1cnnc1CCl. The summed E-state index contributed by atoms with van der Waals surface area (Å²) in [5.41, 5.74) is 0.350. The molecule has 78 valence electrons. The monoisotopic (exact) mass is 213 g/mol. The molecule has 1 aromatic rings. The van der Waals surface area contributed by atoms with Crippen molar-refractivity contribution in [1.82, 2.24) is 14.8 Å². The van der Waals surface area contributed by atoms with E-state index in [1.807, 2.05) is 6.33 Å². The van der Waals surface area contributed by atoms with Crippen molar-refractivity contribution in [2.45, 2.75) is 45.0 Å². The van der Waals surface area contributed by atoms with E-state index in [1.54, 1.807) is 0 Å². The van der Waals surface area contributed by atoms with E-state index in [1.165, 1.54) is 19.3 Å². The van der Waals surface area contributed by atoms with Crippen LogP contribution in [-0.4, -0.2) is 14.8 Å². The van der Waals surface area contributed by atoms with Crippen LogP contribution in [0.15, 0.2) is 6.33 Å². The first kappa shape index (κ1) is 9.97. The van der Waals surface area contributed by atoms with Crippen molar-refractivity contribution in [2.24, 2.45) is 5.41 Å². The standard InChI is InChI=1S/C10H16ClN3/c1-10(2)5-3-4-8(10)14-7-12-13-9(14)6-11/h7-8H,3-6H2,1-2H3. The molecule has 2 rings (SSSR count). The highest BCUT2D eigenvalue weighted by Gasteiger charge is 2.36. The van der Waals surface area contributed by atoms with Crippen molar-refractivity contribution in [3.05, 3.63) is 12.2 Å². The van der Waals surface area contributed by atoms with Crippen molar-refractivity contribution < 1.29 is 0 Å². The molecule has 1 aliphatic rings. The summed E-state index contributed by atoms with van der Waals surface area (Å²) in [4.78, 5) is 0. The molecule has 0 N–H and O–H groups in total. The smallest absolute Gasteiger partial charge is 0.148 e. The first-order valence-corrected chi connectivity index (χ1v) is 5.63. The Balaban J connectivity index is 2.30. The second-order valence-corrected chi connectivity index (χ2v) is 4.95. The second-order valence-electron chi connectivity index (χ2n) is 4.68. The fourth-order valence-corrected chi connectivity index (χ4v) is 2.64. The number of rotatable bonds is 2. The van der Waals surface area contributed by atoms with Crippen LogP contribution >= 0.6 is 11.6 Å². The summed E-state index contributed by atoms with van der Waals surface area (Å²) >= 11 is 5.82. The van der Waals surface area contributed by atoms with Crippen LogP contribution in [0.1, 0.15) is 45.0 Å². The topological polar surface area (TPSA) is 30.7 Å². The molecule has 0 aromatic carbocycles. The Bertz CT molecular complexity index is 319. The van der Waals surface area contributed by atoms with Crippen LogP contribution in [0.25, 0.3) is 0 Å². The number of hydrogen-bond acceptors (Lipinski definition) is 2. The second kappa shape index (κ2) is 3.54. The first-order chi connectivity index (χ1) is 6.65. The summed E-state index contributed by atoms with van der Waals surface area (Å²) < 4.78 is 2.15. The Morgan fingerprint density at radius 3 is 3.00 bits per heavy atom. The van der Waals surface area contributed by atoms with Crippen molar-refractivity contribution >= 4 is 11.6 Å². The van der Waals surface area contributed by atoms with Gasteiger partial charge in [-0.05, 0) is 18.3 Å². The third-order valence-corrected chi connectivity index (χ3v) is 3.54. The molecule has 1 fully saturated rings. The zero-order chi connectivity index (χ0) is 10.2. The van der Waals surface area contributed by atoms with Gasteiger partial charge in [0.1, 0.15) is 12.2 Å². The maximum Gasteiger partial charge on any atom is 0.148 e. The van der Waals surface area contributed by atoms with Crippen molar-refractivity contribution in [3.63, 3.8) is 0 Å². The van der Waals surface area contributed by atoms with Gasteiger partial charge in [-0.25, -0.2) is 0 Å². The number of aromatic nitrogens is 3. The Labute approximate surface area is 89.5 Å². The Hall–Kier alpha value is -0.570. The lowest BCUT2D eigenvalue weighted by molar-refractivity contribution is 0.256. The summed E-state index contributed by atoms with van der Waals surface area (Å²) in [6.45, 7) is 4.62. The fraction of sp³-hybridized carbons (Fsp3) is 0.800. The average molecular weight is 214 g/mol. The lowest BCUT2D eigenvalue weighted by Gasteiger charge is -2.28. The van der Waals surface area contributed by atoms with Gasteiger partial charge in [0.25, 0.3) is 0 Å². The number of nitrogens with zero attached hydrogens (tertiary/aromatic N) is 3. The summed E-state index contributed by atoms with van der Waals surface area (Å²) in [5.74, 6) is 1.35. The van der Waals surface area contributed by atoms with Crippen molar-refractivity contribution in [3.8, 4) is 0 Å². The molecule has 1 unspecified atom stereocenters. The number of alkyl halides is 1. The molecule has 0 saturated heterocycles. The summed E-state index contributed by atoms with van der Waals surface area (Å²) in [7, 11) is 0. The van der Waals surface area contributed by atoms with Gasteiger partial charge in [-0.2, -0.15) is 0 Å². The molecule has 1 atom stereocenters. The Morgan fingerprint density at radius 1 is 1.64 bits per heavy atom. The van der Waals surface area contributed by atoms with E-state index in [9.17, 15) is 0 Å². The van der Waals surface area contributed by atoms with E-state index in [0.717, 1.165) is 5.82 Å². The molecular formula is C10H16ClN3. The molecule has 14 heavy (non-hydrogen) atoms. The third-order valence-electron chi connectivity index (χ3n) is 3.30. The molecule has 1 aromatic heterocycles. The Kier molecular flexibility index (Phi) is 2.52. The quantitative estimate of drug-likeness (QED) is 0.708. The van der Waals surface area contributed by atoms with Crippen LogP contribution in [0.4, 0.5) is 0 Å². The molecular weight excluding hydrogens is 198 g/mol. The van der Waals surface area contributed by atoms with Gasteiger partial charge in [0, 0.05) is 6.04 Å². The predicted octanol–water partition coefficient (Wildman–Crippen LogP) is 2.77. The zero-order valence-electron chi connectivity index (χ0n) is 8.70. The molecule has 0 spiro atoms. The van der Waals surface area contributed by atoms with Crippen LogP contribution in [0, 0.1) is 5.41 Å². The Morgan fingerprint density at radius 2 is 2.43 bits per heavy atom. The van der Waals surface area contributed by atoms with Crippen molar-refractivity contribution in [2.75, 3.05) is 0 Å². The lowest BCUT2D eigenvalue weighted by Crippen LogP contribution is -2.22. The maximum absolute atomic E-state index is 5.82. The van der Waals surface area contributed by atoms with E-state index in [-0.39, 0.29) is 0 Å². The molecule has 0 aliphatic heterocycles. The highest BCUT2D eigenvalue weighted by atomic mass is 35.5. The minimum atomic E-state index is 0.350. The van der Waals surface area contributed by atoms with E-state index in [4.69, 9.17) is 11.6 Å². The zero-order valence-corrected chi connectivity index (χ0v) is 9.46. The molecule has 1 aliphatic carbocycles. The lowest BCUT2D eigenvalue weighted by atomic mass is 9.87. The normalized spacial score (nSPS) is 25.5. The van der Waals surface area contributed by atoms with Gasteiger partial charge in [0.15, 0.2) is 0 Å². The van der Waals surface area contributed by atoms with Crippen LogP contribution < -0.4 is 0 Å². The summed E-state index contributed by atoms with van der Waals surface area (Å²) in [6.07, 6.45) is 5.60. The molecule has 1 saturated carbocycles. The average Bonchev–Trinajstić information content (AvgIpc) is 2.69. The van der Waals surface area contributed by atoms with E-state index >= 15 is 0 Å². The largest absolute Gasteiger partial charge is 0.313 e. The van der Waals surface area contributed by atoms with Gasteiger partial charge < -0.3 is 4.57 Å². The van der Waals surface area contributed by atoms with Gasteiger partial charge >= 0.3 is 0 Å². The van der Waals surface area contributed by atoms with Crippen LogP contribution in [-0.2, 0) is 5.88 Å². The molecule has 0 amide bonds. The fourth-order valence-electron chi connectivity index (χ4n) is 2.45. The number of halogens is 1. The molecule has 4 heteroatoms. The van der Waals surface area contributed by atoms with Gasteiger partial charge in [-0.1, -0.05) is 20.3 Å². The van der Waals surface area contributed by atoms with E-state index < -0.39 is 0 Å². The molecule has 0 radical (unpaired) electrons. The molecule has 0 bridgehead atoms. The molecule has 3 nitrogen and oxygen atoms in total. The minimum Gasteiger partial charge on any atom is -0.313 e. The first-order valence-electron chi connectivity index (χ1n) is 5.09. The van der Waals surface area contributed by atoms with Gasteiger partial charge in [-0.3, -0.25) is 0 Å². The third kappa shape index (κ3) is 1.54. The molecule has 1 heterocycles. The highest BCUT2D eigenvalue weighted by Crippen LogP contribution is 2.46. The van der Waals surface area contributed by atoms with Gasteiger partial charge in [0.05, 0.1) is 5.88 Å².